The maximum Gasteiger partial charge on any atom is 0.241 e. The molecule has 56 valence electrons. The summed E-state index contributed by atoms with van der Waals surface area (Å²) in [6, 6.07) is 0. The average Bonchev–Trinajstić information content (AvgIpc) is 2.40. The third-order valence-corrected chi connectivity index (χ3v) is 1.82. The van der Waals surface area contributed by atoms with Gasteiger partial charge in [-0.2, -0.15) is 0 Å². The number of hydrogen-bond donors (Lipinski definition) is 1. The molecule has 0 amide bonds. The Morgan fingerprint density at radius 3 is 2.90 bits per heavy atom. The van der Waals surface area contributed by atoms with Gasteiger partial charge in [-0.05, 0) is 12.3 Å². The van der Waals surface area contributed by atoms with Crippen LogP contribution in [0.15, 0.2) is 18.7 Å². The third kappa shape index (κ3) is 1.87. The predicted molar refractivity (Wildman–Crippen MR) is 40.4 cm³/mol. The normalized spacial score (nSPS) is 13.4. The largest absolute Gasteiger partial charge is 0.250 e. The molecule has 0 aliphatic rings. The predicted octanol–water partition coefficient (Wildman–Crippen LogP) is 1.35. The van der Waals surface area contributed by atoms with Crippen LogP contribution >= 0.6 is 0 Å². The molecule has 0 aliphatic carbocycles. The van der Waals surface area contributed by atoms with E-state index in [1.807, 2.05) is 12.5 Å². The minimum absolute atomic E-state index is 0.779. The molecule has 2 heteroatoms. The zero-order chi connectivity index (χ0) is 7.40. The van der Waals surface area contributed by atoms with Crippen molar-refractivity contribution in [3.05, 3.63) is 18.7 Å². The molecular weight excluding hydrogens is 124 g/mol. The standard InChI is InChI=1S/C8H14N2/c1-3-8(2)6-10-5-4-9-7-10/h4-5,7-8H,3,6H2,1-2H3/p+1/t8-/m0/s1. The summed E-state index contributed by atoms with van der Waals surface area (Å²) in [5.74, 6) is 0.779. The van der Waals surface area contributed by atoms with Gasteiger partial charge in [0.1, 0.15) is 12.4 Å². The second-order valence-corrected chi connectivity index (χ2v) is 2.82. The second kappa shape index (κ2) is 3.40. The van der Waals surface area contributed by atoms with E-state index in [-0.39, 0.29) is 0 Å². The first-order chi connectivity index (χ1) is 4.83. The van der Waals surface area contributed by atoms with Crippen LogP contribution in [0, 0.1) is 5.92 Å². The van der Waals surface area contributed by atoms with E-state index in [9.17, 15) is 0 Å². The fourth-order valence-corrected chi connectivity index (χ4v) is 0.923. The molecule has 1 aromatic rings. The molecule has 0 fully saturated rings. The van der Waals surface area contributed by atoms with Crippen LogP contribution < -0.4 is 4.57 Å². The molecule has 1 heterocycles. The molecule has 1 N–H and O–H groups in total. The average molecular weight is 139 g/mol. The van der Waals surface area contributed by atoms with Gasteiger partial charge in [0.15, 0.2) is 0 Å². The lowest BCUT2D eigenvalue weighted by Gasteiger charge is -2.02. The molecule has 0 unspecified atom stereocenters. The molecule has 0 bridgehead atoms. The summed E-state index contributed by atoms with van der Waals surface area (Å²) >= 11 is 0. The minimum Gasteiger partial charge on any atom is -0.250 e. The van der Waals surface area contributed by atoms with Crippen molar-refractivity contribution in [1.29, 1.82) is 0 Å². The summed E-state index contributed by atoms with van der Waals surface area (Å²) < 4.78 is 2.17. The molecule has 2 nitrogen and oxygen atoms in total. The number of H-pyrrole nitrogens is 1. The smallest absolute Gasteiger partial charge is 0.241 e. The molecule has 0 saturated carbocycles. The Kier molecular flexibility index (Phi) is 2.49. The highest BCUT2D eigenvalue weighted by atomic mass is 15.0. The molecule has 0 radical (unpaired) electrons. The van der Waals surface area contributed by atoms with Gasteiger partial charge in [0.25, 0.3) is 0 Å². The quantitative estimate of drug-likeness (QED) is 0.610. The molecule has 1 aromatic heterocycles. The summed E-state index contributed by atoms with van der Waals surface area (Å²) in [7, 11) is 0. The van der Waals surface area contributed by atoms with Crippen molar-refractivity contribution in [3.8, 4) is 0 Å². The SMILES string of the molecule is CC[C@H](C)C[n+]1cc[nH]c1. The van der Waals surface area contributed by atoms with Crippen molar-refractivity contribution in [2.75, 3.05) is 0 Å². The number of aromatic nitrogens is 2. The van der Waals surface area contributed by atoms with Crippen molar-refractivity contribution >= 4 is 0 Å². The van der Waals surface area contributed by atoms with Crippen molar-refractivity contribution in [1.82, 2.24) is 4.98 Å². The van der Waals surface area contributed by atoms with E-state index >= 15 is 0 Å². The summed E-state index contributed by atoms with van der Waals surface area (Å²) in [4.78, 5) is 3.02. The van der Waals surface area contributed by atoms with E-state index in [1.165, 1.54) is 6.42 Å². The molecule has 0 aliphatic heterocycles. The van der Waals surface area contributed by atoms with E-state index in [4.69, 9.17) is 0 Å². The summed E-state index contributed by atoms with van der Waals surface area (Å²) in [5, 5.41) is 0. The highest BCUT2D eigenvalue weighted by Gasteiger charge is 2.02. The van der Waals surface area contributed by atoms with Crippen LogP contribution in [-0.4, -0.2) is 4.98 Å². The van der Waals surface area contributed by atoms with Gasteiger partial charge in [0.05, 0.1) is 6.54 Å². The lowest BCUT2D eigenvalue weighted by Crippen LogP contribution is -2.33. The van der Waals surface area contributed by atoms with Gasteiger partial charge in [0.2, 0.25) is 6.33 Å². The summed E-state index contributed by atoms with van der Waals surface area (Å²) in [5.41, 5.74) is 0. The Morgan fingerprint density at radius 1 is 1.60 bits per heavy atom. The van der Waals surface area contributed by atoms with Crippen LogP contribution in [0.25, 0.3) is 0 Å². The van der Waals surface area contributed by atoms with Gasteiger partial charge < -0.3 is 0 Å². The van der Waals surface area contributed by atoms with E-state index in [0.717, 1.165) is 12.5 Å². The van der Waals surface area contributed by atoms with Crippen LogP contribution in [0.1, 0.15) is 20.3 Å². The number of aromatic amines is 1. The van der Waals surface area contributed by atoms with Crippen LogP contribution in [0.4, 0.5) is 0 Å². The monoisotopic (exact) mass is 139 g/mol. The lowest BCUT2D eigenvalue weighted by atomic mass is 10.1. The maximum atomic E-state index is 3.02. The fourth-order valence-electron chi connectivity index (χ4n) is 0.923. The highest BCUT2D eigenvalue weighted by molar-refractivity contribution is 4.56. The highest BCUT2D eigenvalue weighted by Crippen LogP contribution is 1.98. The van der Waals surface area contributed by atoms with Crippen LogP contribution in [0.3, 0.4) is 0 Å². The topological polar surface area (TPSA) is 19.7 Å². The Hall–Kier alpha value is -0.790. The van der Waals surface area contributed by atoms with Crippen LogP contribution in [0.5, 0.6) is 0 Å². The zero-order valence-electron chi connectivity index (χ0n) is 6.67. The Morgan fingerprint density at radius 2 is 2.40 bits per heavy atom. The summed E-state index contributed by atoms with van der Waals surface area (Å²) in [6.07, 6.45) is 7.25. The molecular formula is C8H15N2+. The number of rotatable bonds is 3. The van der Waals surface area contributed by atoms with E-state index < -0.39 is 0 Å². The Balaban J connectivity index is 2.40. The zero-order valence-corrected chi connectivity index (χ0v) is 6.67. The maximum absolute atomic E-state index is 3.02. The van der Waals surface area contributed by atoms with Gasteiger partial charge in [0, 0.05) is 0 Å². The van der Waals surface area contributed by atoms with Crippen molar-refractivity contribution < 1.29 is 4.57 Å². The summed E-state index contributed by atoms with van der Waals surface area (Å²) in [6.45, 7) is 5.61. The van der Waals surface area contributed by atoms with Crippen molar-refractivity contribution in [2.45, 2.75) is 26.8 Å². The van der Waals surface area contributed by atoms with Gasteiger partial charge in [-0.25, -0.2) is 4.57 Å². The Labute approximate surface area is 61.9 Å². The van der Waals surface area contributed by atoms with Gasteiger partial charge >= 0.3 is 0 Å². The lowest BCUT2D eigenvalue weighted by molar-refractivity contribution is -0.701. The van der Waals surface area contributed by atoms with E-state index in [0.29, 0.717) is 0 Å². The fraction of sp³-hybridized carbons (Fsp3) is 0.625. The molecule has 1 atom stereocenters. The molecule has 0 aromatic carbocycles. The van der Waals surface area contributed by atoms with Crippen LogP contribution in [0.2, 0.25) is 0 Å². The Bertz CT molecular complexity index is 167. The second-order valence-electron chi connectivity index (χ2n) is 2.82. The molecule has 10 heavy (non-hydrogen) atoms. The molecule has 0 saturated heterocycles. The van der Waals surface area contributed by atoms with Gasteiger partial charge in [-0.1, -0.05) is 13.8 Å². The number of hydrogen-bond acceptors (Lipinski definition) is 0. The van der Waals surface area contributed by atoms with Gasteiger partial charge in [-0.15, -0.1) is 0 Å². The number of imidazole rings is 1. The van der Waals surface area contributed by atoms with Crippen molar-refractivity contribution in [3.63, 3.8) is 0 Å². The van der Waals surface area contributed by atoms with Gasteiger partial charge in [-0.3, -0.25) is 4.98 Å². The van der Waals surface area contributed by atoms with Crippen LogP contribution in [-0.2, 0) is 6.54 Å². The third-order valence-electron chi connectivity index (χ3n) is 1.82. The minimum atomic E-state index is 0.779. The van der Waals surface area contributed by atoms with E-state index in [1.54, 1.807) is 0 Å². The first kappa shape index (κ1) is 7.32. The first-order valence-electron chi connectivity index (χ1n) is 3.84. The first-order valence-corrected chi connectivity index (χ1v) is 3.84. The van der Waals surface area contributed by atoms with E-state index in [2.05, 4.69) is 29.6 Å². The van der Waals surface area contributed by atoms with Crippen molar-refractivity contribution in [2.24, 2.45) is 5.92 Å². The molecule has 0 spiro atoms. The number of nitrogens with zero attached hydrogens (tertiary/aromatic N) is 1. The molecule has 1 rings (SSSR count). The number of nitrogens with one attached hydrogen (secondary N) is 1.